The van der Waals surface area contributed by atoms with Gasteiger partial charge < -0.3 is 0 Å². The van der Waals surface area contributed by atoms with E-state index in [0.29, 0.717) is 21.0 Å². The average molecular weight is 392 g/mol. The van der Waals surface area contributed by atoms with Crippen LogP contribution in [0.3, 0.4) is 0 Å². The molecule has 1 aliphatic heterocycles. The van der Waals surface area contributed by atoms with Gasteiger partial charge in [0.25, 0.3) is 0 Å². The van der Waals surface area contributed by atoms with Crippen molar-refractivity contribution in [3.63, 3.8) is 0 Å². The maximum absolute atomic E-state index is 2.68. The topological polar surface area (TPSA) is 3.24 Å². The predicted molar refractivity (Wildman–Crippen MR) is 106 cm³/mol. The van der Waals surface area contributed by atoms with Crippen LogP contribution < -0.4 is 4.46 Å². The quantitative estimate of drug-likeness (QED) is 0.580. The fourth-order valence-electron chi connectivity index (χ4n) is 3.65. The number of hydrogen-bond donors (Lipinski definition) is 0. The molecule has 0 saturated carbocycles. The van der Waals surface area contributed by atoms with Crippen molar-refractivity contribution in [2.45, 2.75) is 23.8 Å². The van der Waals surface area contributed by atoms with Gasteiger partial charge in [0.2, 0.25) is 0 Å². The van der Waals surface area contributed by atoms with Crippen molar-refractivity contribution >= 4 is 19.4 Å². The molecule has 2 atom stereocenters. The summed E-state index contributed by atoms with van der Waals surface area (Å²) in [7, 11) is 0. The van der Waals surface area contributed by atoms with Gasteiger partial charge in [-0.2, -0.15) is 0 Å². The monoisotopic (exact) mass is 393 g/mol. The summed E-state index contributed by atoms with van der Waals surface area (Å²) in [6.45, 7) is 2.24. The molecule has 0 amide bonds. The zero-order valence-corrected chi connectivity index (χ0v) is 16.0. The summed E-state index contributed by atoms with van der Waals surface area (Å²) in [6, 6.07) is 33.5. The Bertz CT molecular complexity index is 773. The molecule has 3 aromatic rings. The van der Waals surface area contributed by atoms with E-state index < -0.39 is 0 Å². The van der Waals surface area contributed by atoms with Crippen LogP contribution in [0, 0.1) is 0 Å². The minimum absolute atomic E-state index is 0.539. The van der Waals surface area contributed by atoms with E-state index in [1.165, 1.54) is 28.6 Å². The van der Waals surface area contributed by atoms with Gasteiger partial charge in [0.15, 0.2) is 0 Å². The van der Waals surface area contributed by atoms with E-state index in [9.17, 15) is 0 Å². The maximum atomic E-state index is 2.68. The molecule has 0 radical (unpaired) electrons. The van der Waals surface area contributed by atoms with Crippen molar-refractivity contribution in [2.24, 2.45) is 0 Å². The molecule has 126 valence electrons. The van der Waals surface area contributed by atoms with Gasteiger partial charge in [-0.05, 0) is 0 Å². The summed E-state index contributed by atoms with van der Waals surface area (Å²) in [5.41, 5.74) is 2.88. The SMILES string of the molecule is c1ccc(CN2CC([Se]c3ccccc3)CC2c2ccccc2)cc1. The van der Waals surface area contributed by atoms with E-state index in [1.54, 1.807) is 0 Å². The molecule has 0 aliphatic carbocycles. The number of nitrogens with zero attached hydrogens (tertiary/aromatic N) is 1. The first-order chi connectivity index (χ1) is 12.4. The summed E-state index contributed by atoms with van der Waals surface area (Å²) in [6.07, 6.45) is 1.27. The van der Waals surface area contributed by atoms with Crippen LogP contribution in [-0.4, -0.2) is 26.4 Å². The standard InChI is InChI=1S/C23H23NSe/c1-4-10-19(11-5-1)17-24-18-22(25-21-14-8-3-9-15-21)16-23(24)20-12-6-2-7-13-20/h1-15,22-23H,16-18H2. The molecule has 1 heterocycles. The van der Waals surface area contributed by atoms with E-state index in [0.717, 1.165) is 11.4 Å². The van der Waals surface area contributed by atoms with Gasteiger partial charge in [0.05, 0.1) is 0 Å². The van der Waals surface area contributed by atoms with Gasteiger partial charge in [-0.25, -0.2) is 0 Å². The van der Waals surface area contributed by atoms with Crippen LogP contribution in [0.4, 0.5) is 0 Å². The molecular weight excluding hydrogens is 369 g/mol. The third kappa shape index (κ3) is 4.22. The predicted octanol–water partition coefficient (Wildman–Crippen LogP) is 4.45. The van der Waals surface area contributed by atoms with Crippen molar-refractivity contribution in [3.8, 4) is 0 Å². The molecule has 0 N–H and O–H groups in total. The number of benzene rings is 3. The van der Waals surface area contributed by atoms with Gasteiger partial charge in [-0.3, -0.25) is 0 Å². The summed E-state index contributed by atoms with van der Waals surface area (Å²) >= 11 is 0.541. The molecule has 25 heavy (non-hydrogen) atoms. The fourth-order valence-corrected chi connectivity index (χ4v) is 6.26. The van der Waals surface area contributed by atoms with Crippen LogP contribution in [0.25, 0.3) is 0 Å². The van der Waals surface area contributed by atoms with Crippen LogP contribution in [-0.2, 0) is 6.54 Å². The molecule has 1 fully saturated rings. The van der Waals surface area contributed by atoms with E-state index in [2.05, 4.69) is 95.9 Å². The van der Waals surface area contributed by atoms with Crippen molar-refractivity contribution in [1.29, 1.82) is 0 Å². The van der Waals surface area contributed by atoms with Gasteiger partial charge in [0, 0.05) is 0 Å². The zero-order valence-electron chi connectivity index (χ0n) is 14.3. The number of likely N-dealkylation sites (tertiary alicyclic amines) is 1. The normalized spacial score (nSPS) is 20.6. The second-order valence-corrected chi connectivity index (χ2v) is 9.51. The first-order valence-electron chi connectivity index (χ1n) is 8.93. The molecule has 2 heteroatoms. The van der Waals surface area contributed by atoms with Gasteiger partial charge in [-0.1, -0.05) is 0 Å². The van der Waals surface area contributed by atoms with E-state index in [-0.39, 0.29) is 0 Å². The third-order valence-corrected chi connectivity index (χ3v) is 7.38. The van der Waals surface area contributed by atoms with Crippen LogP contribution in [0.15, 0.2) is 91.0 Å². The molecule has 1 saturated heterocycles. The number of hydrogen-bond acceptors (Lipinski definition) is 1. The summed E-state index contributed by atoms with van der Waals surface area (Å²) in [5.74, 6) is 0. The Hall–Kier alpha value is -1.86. The van der Waals surface area contributed by atoms with Crippen LogP contribution >= 0.6 is 0 Å². The second-order valence-electron chi connectivity index (χ2n) is 6.63. The summed E-state index contributed by atoms with van der Waals surface area (Å²) < 4.78 is 1.52. The zero-order chi connectivity index (χ0) is 16.9. The van der Waals surface area contributed by atoms with E-state index in [4.69, 9.17) is 0 Å². The fraction of sp³-hybridized carbons (Fsp3) is 0.217. The van der Waals surface area contributed by atoms with E-state index in [1.807, 2.05) is 0 Å². The molecule has 0 aromatic heterocycles. The first-order valence-corrected chi connectivity index (χ1v) is 10.8. The van der Waals surface area contributed by atoms with Gasteiger partial charge >= 0.3 is 157 Å². The molecule has 1 nitrogen and oxygen atoms in total. The minimum atomic E-state index is 0.539. The molecule has 1 aliphatic rings. The Kier molecular flexibility index (Phi) is 5.32. The van der Waals surface area contributed by atoms with Gasteiger partial charge in [-0.15, -0.1) is 0 Å². The van der Waals surface area contributed by atoms with Crippen molar-refractivity contribution in [3.05, 3.63) is 102 Å². The van der Waals surface area contributed by atoms with Gasteiger partial charge in [0.1, 0.15) is 0 Å². The Morgan fingerprint density at radius 1 is 0.760 bits per heavy atom. The first kappa shape index (κ1) is 16.6. The average Bonchev–Trinajstić information content (AvgIpc) is 3.06. The summed E-state index contributed by atoms with van der Waals surface area (Å²) in [5, 5.41) is 0. The van der Waals surface area contributed by atoms with Crippen LogP contribution in [0.1, 0.15) is 23.6 Å². The van der Waals surface area contributed by atoms with Crippen LogP contribution in [0.2, 0.25) is 4.82 Å². The Morgan fingerprint density at radius 3 is 2.04 bits per heavy atom. The van der Waals surface area contributed by atoms with E-state index >= 15 is 0 Å². The number of rotatable bonds is 5. The molecule has 3 aromatic carbocycles. The molecule has 2 unspecified atom stereocenters. The molecule has 4 rings (SSSR count). The van der Waals surface area contributed by atoms with Crippen molar-refractivity contribution in [1.82, 2.24) is 4.90 Å². The Balaban J connectivity index is 1.53. The second kappa shape index (κ2) is 8.01. The van der Waals surface area contributed by atoms with Crippen molar-refractivity contribution < 1.29 is 0 Å². The Morgan fingerprint density at radius 2 is 1.36 bits per heavy atom. The molecule has 0 spiro atoms. The summed E-state index contributed by atoms with van der Waals surface area (Å²) in [4.78, 5) is 3.46. The Labute approximate surface area is 156 Å². The molecule has 0 bridgehead atoms. The third-order valence-electron chi connectivity index (χ3n) is 4.82. The van der Waals surface area contributed by atoms with Crippen LogP contribution in [0.5, 0.6) is 0 Å². The molecular formula is C23H23NSe. The van der Waals surface area contributed by atoms with Crippen molar-refractivity contribution in [2.75, 3.05) is 6.54 Å².